The summed E-state index contributed by atoms with van der Waals surface area (Å²) in [6, 6.07) is 5.18. The summed E-state index contributed by atoms with van der Waals surface area (Å²) in [7, 11) is 1.58. The smallest absolute Gasteiger partial charge is 0.134 e. The molecule has 100 valence electrons. The largest absolute Gasteiger partial charge is 0.497 e. The Hall–Kier alpha value is -1.75. The summed E-state index contributed by atoms with van der Waals surface area (Å²) in [6.45, 7) is 4.97. The number of ether oxygens (including phenoxy) is 3. The van der Waals surface area contributed by atoms with Crippen molar-refractivity contribution in [3.05, 3.63) is 23.8 Å². The van der Waals surface area contributed by atoms with Crippen molar-refractivity contribution in [2.75, 3.05) is 20.3 Å². The molecule has 5 heteroatoms. The number of hydrogen-bond acceptors (Lipinski definition) is 4. The van der Waals surface area contributed by atoms with Crippen LogP contribution in [0.2, 0.25) is 0 Å². The molecule has 0 saturated heterocycles. The predicted molar refractivity (Wildman–Crippen MR) is 70.6 cm³/mol. The first-order valence-corrected chi connectivity index (χ1v) is 5.85. The van der Waals surface area contributed by atoms with Gasteiger partial charge in [-0.1, -0.05) is 0 Å². The van der Waals surface area contributed by atoms with Crippen LogP contribution < -0.4 is 15.2 Å². The molecule has 0 heterocycles. The second-order valence-corrected chi connectivity index (χ2v) is 3.86. The van der Waals surface area contributed by atoms with Crippen molar-refractivity contribution in [2.24, 2.45) is 5.73 Å². The quantitative estimate of drug-likeness (QED) is 0.573. The van der Waals surface area contributed by atoms with Gasteiger partial charge in [-0.3, -0.25) is 5.41 Å². The lowest BCUT2D eigenvalue weighted by atomic mass is 10.1. The van der Waals surface area contributed by atoms with E-state index in [4.69, 9.17) is 25.4 Å². The van der Waals surface area contributed by atoms with E-state index in [2.05, 4.69) is 0 Å². The fourth-order valence-corrected chi connectivity index (χ4v) is 1.48. The van der Waals surface area contributed by atoms with E-state index in [1.165, 1.54) is 0 Å². The molecule has 0 aliphatic heterocycles. The van der Waals surface area contributed by atoms with Gasteiger partial charge in [-0.05, 0) is 26.0 Å². The van der Waals surface area contributed by atoms with Gasteiger partial charge in [0, 0.05) is 12.7 Å². The van der Waals surface area contributed by atoms with Gasteiger partial charge in [0.05, 0.1) is 19.3 Å². The van der Waals surface area contributed by atoms with Crippen molar-refractivity contribution in [3.63, 3.8) is 0 Å². The Bertz CT molecular complexity index is 407. The summed E-state index contributed by atoms with van der Waals surface area (Å²) in [4.78, 5) is 0. The summed E-state index contributed by atoms with van der Waals surface area (Å²) in [5.41, 5.74) is 6.07. The van der Waals surface area contributed by atoms with Crippen LogP contribution in [0.5, 0.6) is 11.5 Å². The summed E-state index contributed by atoms with van der Waals surface area (Å²) in [6.07, 6.45) is -0.116. The molecule has 0 aromatic heterocycles. The average Bonchev–Trinajstić information content (AvgIpc) is 2.35. The molecule has 3 N–H and O–H groups in total. The lowest BCUT2D eigenvalue weighted by Gasteiger charge is -2.17. The highest BCUT2D eigenvalue weighted by atomic mass is 16.5. The predicted octanol–water partition coefficient (Wildman–Crippen LogP) is 1.78. The van der Waals surface area contributed by atoms with E-state index in [0.717, 1.165) is 0 Å². The molecule has 1 unspecified atom stereocenters. The topological polar surface area (TPSA) is 77.6 Å². The second kappa shape index (κ2) is 6.86. The second-order valence-electron chi connectivity index (χ2n) is 3.86. The molecule has 0 fully saturated rings. The Balaban J connectivity index is 2.86. The number of amidine groups is 1. The van der Waals surface area contributed by atoms with Crippen molar-refractivity contribution < 1.29 is 14.2 Å². The van der Waals surface area contributed by atoms with Crippen molar-refractivity contribution in [1.82, 2.24) is 0 Å². The van der Waals surface area contributed by atoms with Crippen molar-refractivity contribution in [2.45, 2.75) is 20.0 Å². The van der Waals surface area contributed by atoms with Gasteiger partial charge in [0.25, 0.3) is 0 Å². The fourth-order valence-electron chi connectivity index (χ4n) is 1.48. The molecule has 0 spiro atoms. The average molecular weight is 252 g/mol. The van der Waals surface area contributed by atoms with Crippen LogP contribution in [0.1, 0.15) is 19.4 Å². The van der Waals surface area contributed by atoms with Gasteiger partial charge in [-0.15, -0.1) is 0 Å². The monoisotopic (exact) mass is 252 g/mol. The molecular weight excluding hydrogens is 232 g/mol. The molecule has 0 amide bonds. The number of rotatable bonds is 7. The molecule has 0 aliphatic carbocycles. The first kappa shape index (κ1) is 14.3. The maximum atomic E-state index is 7.51. The Labute approximate surface area is 107 Å². The summed E-state index contributed by atoms with van der Waals surface area (Å²) in [5.74, 6) is 1.17. The van der Waals surface area contributed by atoms with E-state index in [0.29, 0.717) is 30.3 Å². The van der Waals surface area contributed by atoms with Crippen LogP contribution in [0.4, 0.5) is 0 Å². The van der Waals surface area contributed by atoms with Gasteiger partial charge >= 0.3 is 0 Å². The van der Waals surface area contributed by atoms with E-state index in [1.807, 2.05) is 13.8 Å². The Kier molecular flexibility index (Phi) is 5.45. The molecule has 5 nitrogen and oxygen atoms in total. The first-order valence-electron chi connectivity index (χ1n) is 5.85. The van der Waals surface area contributed by atoms with Crippen molar-refractivity contribution in [1.29, 1.82) is 5.41 Å². The molecule has 18 heavy (non-hydrogen) atoms. The van der Waals surface area contributed by atoms with Crippen LogP contribution in [0, 0.1) is 5.41 Å². The zero-order valence-corrected chi connectivity index (χ0v) is 11.0. The summed E-state index contributed by atoms with van der Waals surface area (Å²) < 4.78 is 16.1. The molecule has 0 saturated carbocycles. The maximum Gasteiger partial charge on any atom is 0.134 e. The molecular formula is C13H20N2O3. The van der Waals surface area contributed by atoms with Gasteiger partial charge in [0.1, 0.15) is 23.4 Å². The van der Waals surface area contributed by atoms with Gasteiger partial charge < -0.3 is 19.9 Å². The minimum atomic E-state index is -0.116. The SMILES string of the molecule is CCOCC(C)Oc1cc(OC)ccc1C(=N)N. The highest BCUT2D eigenvalue weighted by Gasteiger charge is 2.12. The molecule has 1 aromatic carbocycles. The zero-order chi connectivity index (χ0) is 13.5. The van der Waals surface area contributed by atoms with Gasteiger partial charge in [-0.25, -0.2) is 0 Å². The lowest BCUT2D eigenvalue weighted by molar-refractivity contribution is 0.0655. The third-order valence-corrected chi connectivity index (χ3v) is 2.36. The van der Waals surface area contributed by atoms with Crippen LogP contribution >= 0.6 is 0 Å². The van der Waals surface area contributed by atoms with E-state index in [9.17, 15) is 0 Å². The van der Waals surface area contributed by atoms with Crippen LogP contribution in [0.15, 0.2) is 18.2 Å². The third-order valence-electron chi connectivity index (χ3n) is 2.36. The number of nitrogen functional groups attached to an aromatic ring is 1. The van der Waals surface area contributed by atoms with Crippen LogP contribution in [0.25, 0.3) is 0 Å². The number of hydrogen-bond donors (Lipinski definition) is 2. The number of methoxy groups -OCH3 is 1. The molecule has 1 atom stereocenters. The highest BCUT2D eigenvalue weighted by molar-refractivity contribution is 5.97. The van der Waals surface area contributed by atoms with Crippen molar-refractivity contribution >= 4 is 5.84 Å². The summed E-state index contributed by atoms with van der Waals surface area (Å²) >= 11 is 0. The zero-order valence-electron chi connectivity index (χ0n) is 11.0. The van der Waals surface area contributed by atoms with Gasteiger partial charge in [-0.2, -0.15) is 0 Å². The Morgan fingerprint density at radius 2 is 2.17 bits per heavy atom. The summed E-state index contributed by atoms with van der Waals surface area (Å²) in [5, 5.41) is 7.51. The van der Waals surface area contributed by atoms with E-state index < -0.39 is 0 Å². The van der Waals surface area contributed by atoms with Crippen LogP contribution in [-0.4, -0.2) is 32.3 Å². The van der Waals surface area contributed by atoms with E-state index in [1.54, 1.807) is 25.3 Å². The lowest BCUT2D eigenvalue weighted by Crippen LogP contribution is -2.21. The van der Waals surface area contributed by atoms with Crippen LogP contribution in [0.3, 0.4) is 0 Å². The van der Waals surface area contributed by atoms with Crippen molar-refractivity contribution in [3.8, 4) is 11.5 Å². The Morgan fingerprint density at radius 3 is 2.72 bits per heavy atom. The van der Waals surface area contributed by atoms with E-state index >= 15 is 0 Å². The fraction of sp³-hybridized carbons (Fsp3) is 0.462. The Morgan fingerprint density at radius 1 is 1.44 bits per heavy atom. The number of nitrogens with one attached hydrogen (secondary N) is 1. The molecule has 0 bridgehead atoms. The van der Waals surface area contributed by atoms with Gasteiger partial charge in [0.2, 0.25) is 0 Å². The minimum absolute atomic E-state index is 0.0312. The molecule has 1 rings (SSSR count). The van der Waals surface area contributed by atoms with Crippen LogP contribution in [-0.2, 0) is 4.74 Å². The van der Waals surface area contributed by atoms with Gasteiger partial charge in [0.15, 0.2) is 0 Å². The maximum absolute atomic E-state index is 7.51. The standard InChI is InChI=1S/C13H20N2O3/c1-4-17-8-9(2)18-12-7-10(16-3)5-6-11(12)13(14)15/h5-7,9H,4,8H2,1-3H3,(H3,14,15). The first-order chi connectivity index (χ1) is 8.58. The third kappa shape index (κ3) is 3.92. The number of benzene rings is 1. The minimum Gasteiger partial charge on any atom is -0.497 e. The van der Waals surface area contributed by atoms with E-state index in [-0.39, 0.29) is 11.9 Å². The molecule has 1 aromatic rings. The normalized spacial score (nSPS) is 11.9. The number of nitrogens with two attached hydrogens (primary N) is 1. The highest BCUT2D eigenvalue weighted by Crippen LogP contribution is 2.25. The molecule has 0 aliphatic rings. The molecule has 0 radical (unpaired) electrons.